The fourth-order valence-corrected chi connectivity index (χ4v) is 2.46. The lowest BCUT2D eigenvalue weighted by atomic mass is 10.1. The zero-order chi connectivity index (χ0) is 15.2. The van der Waals surface area contributed by atoms with Gasteiger partial charge in [0.1, 0.15) is 18.5 Å². The summed E-state index contributed by atoms with van der Waals surface area (Å²) in [6.07, 6.45) is 2.57. The van der Waals surface area contributed by atoms with Gasteiger partial charge in [-0.1, -0.05) is 22.9 Å². The molecule has 2 rings (SSSR count). The van der Waals surface area contributed by atoms with Crippen molar-refractivity contribution in [3.8, 4) is 17.8 Å². The lowest BCUT2D eigenvalue weighted by Crippen LogP contribution is -2.15. The van der Waals surface area contributed by atoms with E-state index in [1.54, 1.807) is 4.57 Å². The molecule has 1 aromatic carbocycles. The Balaban J connectivity index is 2.47. The number of imidazole rings is 1. The SMILES string of the molecule is CCCNCc1cc(Br)ccc1-n1cnc(C#N)c1C#N. The van der Waals surface area contributed by atoms with Gasteiger partial charge in [0, 0.05) is 11.0 Å². The van der Waals surface area contributed by atoms with Gasteiger partial charge in [0.15, 0.2) is 11.4 Å². The minimum Gasteiger partial charge on any atom is -0.313 e. The van der Waals surface area contributed by atoms with Crippen LogP contribution >= 0.6 is 15.9 Å². The molecule has 21 heavy (non-hydrogen) atoms. The van der Waals surface area contributed by atoms with Crippen LogP contribution in [0.15, 0.2) is 29.0 Å². The first-order valence-corrected chi connectivity index (χ1v) is 7.37. The fraction of sp³-hybridized carbons (Fsp3) is 0.267. The third-order valence-electron chi connectivity index (χ3n) is 3.02. The van der Waals surface area contributed by atoms with Crippen LogP contribution < -0.4 is 5.32 Å². The molecule has 1 heterocycles. The molecule has 5 nitrogen and oxygen atoms in total. The molecule has 6 heteroatoms. The predicted octanol–water partition coefficient (Wildman–Crippen LogP) is 2.88. The van der Waals surface area contributed by atoms with Gasteiger partial charge in [-0.25, -0.2) is 4.98 Å². The second-order valence-electron chi connectivity index (χ2n) is 4.49. The van der Waals surface area contributed by atoms with Crippen LogP contribution in [0.2, 0.25) is 0 Å². The number of halogens is 1. The fourth-order valence-electron chi connectivity index (χ4n) is 2.05. The van der Waals surface area contributed by atoms with Gasteiger partial charge in [0.2, 0.25) is 0 Å². The van der Waals surface area contributed by atoms with E-state index in [-0.39, 0.29) is 11.4 Å². The molecule has 0 aliphatic rings. The third kappa shape index (κ3) is 3.30. The summed E-state index contributed by atoms with van der Waals surface area (Å²) in [4.78, 5) is 3.99. The van der Waals surface area contributed by atoms with Crippen LogP contribution in [-0.4, -0.2) is 16.1 Å². The maximum atomic E-state index is 9.25. The smallest absolute Gasteiger partial charge is 0.177 e. The molecule has 1 aromatic heterocycles. The molecule has 0 radical (unpaired) electrons. The molecule has 0 aliphatic heterocycles. The molecule has 1 N–H and O–H groups in total. The van der Waals surface area contributed by atoms with Crippen molar-refractivity contribution in [1.29, 1.82) is 10.5 Å². The van der Waals surface area contributed by atoms with E-state index < -0.39 is 0 Å². The largest absolute Gasteiger partial charge is 0.313 e. The van der Waals surface area contributed by atoms with Gasteiger partial charge < -0.3 is 5.32 Å². The van der Waals surface area contributed by atoms with E-state index in [0.29, 0.717) is 6.54 Å². The summed E-state index contributed by atoms with van der Waals surface area (Å²) < 4.78 is 2.63. The zero-order valence-electron chi connectivity index (χ0n) is 11.6. The second-order valence-corrected chi connectivity index (χ2v) is 5.40. The zero-order valence-corrected chi connectivity index (χ0v) is 13.2. The molecular weight excluding hydrogens is 330 g/mol. The van der Waals surface area contributed by atoms with Crippen molar-refractivity contribution in [2.24, 2.45) is 0 Å². The van der Waals surface area contributed by atoms with Crippen molar-refractivity contribution in [1.82, 2.24) is 14.9 Å². The van der Waals surface area contributed by atoms with Crippen LogP contribution in [0.1, 0.15) is 30.3 Å². The number of nitriles is 2. The van der Waals surface area contributed by atoms with E-state index in [1.807, 2.05) is 30.3 Å². The van der Waals surface area contributed by atoms with Crippen LogP contribution in [0.5, 0.6) is 0 Å². The van der Waals surface area contributed by atoms with E-state index in [1.165, 1.54) is 6.33 Å². The number of hydrogen-bond acceptors (Lipinski definition) is 4. The highest BCUT2D eigenvalue weighted by Gasteiger charge is 2.14. The van der Waals surface area contributed by atoms with Gasteiger partial charge in [-0.05, 0) is 36.7 Å². The third-order valence-corrected chi connectivity index (χ3v) is 3.52. The Morgan fingerprint density at radius 3 is 2.81 bits per heavy atom. The lowest BCUT2D eigenvalue weighted by Gasteiger charge is -2.12. The number of nitrogens with zero attached hydrogens (tertiary/aromatic N) is 4. The minimum absolute atomic E-state index is 0.146. The topological polar surface area (TPSA) is 77.4 Å². The average Bonchev–Trinajstić information content (AvgIpc) is 2.90. The molecule has 0 bridgehead atoms. The van der Waals surface area contributed by atoms with Gasteiger partial charge in [-0.2, -0.15) is 10.5 Å². The first-order chi connectivity index (χ1) is 10.2. The highest BCUT2D eigenvalue weighted by molar-refractivity contribution is 9.10. The molecule has 0 saturated heterocycles. The van der Waals surface area contributed by atoms with Crippen LogP contribution in [-0.2, 0) is 6.54 Å². The first-order valence-electron chi connectivity index (χ1n) is 6.58. The minimum atomic E-state index is 0.146. The van der Waals surface area contributed by atoms with E-state index in [4.69, 9.17) is 5.26 Å². The highest BCUT2D eigenvalue weighted by Crippen LogP contribution is 2.22. The quantitative estimate of drug-likeness (QED) is 0.846. The van der Waals surface area contributed by atoms with Gasteiger partial charge in [0.25, 0.3) is 0 Å². The van der Waals surface area contributed by atoms with Gasteiger partial charge in [0.05, 0.1) is 5.69 Å². The van der Waals surface area contributed by atoms with Gasteiger partial charge in [-0.3, -0.25) is 4.57 Å². The van der Waals surface area contributed by atoms with Crippen LogP contribution in [0.4, 0.5) is 0 Å². The summed E-state index contributed by atoms with van der Waals surface area (Å²) in [5.41, 5.74) is 2.30. The molecule has 0 saturated carbocycles. The Bertz CT molecular complexity index is 721. The van der Waals surface area contributed by atoms with E-state index >= 15 is 0 Å². The second kappa shape index (κ2) is 7.03. The normalized spacial score (nSPS) is 10.1. The number of hydrogen-bond donors (Lipinski definition) is 1. The van der Waals surface area contributed by atoms with Gasteiger partial charge >= 0.3 is 0 Å². The standard InChI is InChI=1S/C15H14BrN5/c1-2-5-19-9-11-6-12(16)3-4-14(11)21-10-20-13(7-17)15(21)8-18/h3-4,6,10,19H,2,5,9H2,1H3. The molecule has 0 unspecified atom stereocenters. The Hall–Kier alpha value is -2.15. The van der Waals surface area contributed by atoms with Crippen LogP contribution in [0, 0.1) is 22.7 Å². The molecular formula is C15H14BrN5. The van der Waals surface area contributed by atoms with Crippen molar-refractivity contribution >= 4 is 15.9 Å². The molecule has 0 amide bonds. The molecule has 0 atom stereocenters. The van der Waals surface area contributed by atoms with E-state index in [9.17, 15) is 5.26 Å². The predicted molar refractivity (Wildman–Crippen MR) is 82.7 cm³/mol. The highest BCUT2D eigenvalue weighted by atomic mass is 79.9. The summed E-state index contributed by atoms with van der Waals surface area (Å²) >= 11 is 3.46. The number of benzene rings is 1. The summed E-state index contributed by atoms with van der Waals surface area (Å²) in [6, 6.07) is 9.82. The first kappa shape index (κ1) is 15.2. The Morgan fingerprint density at radius 1 is 1.33 bits per heavy atom. The molecule has 2 aromatic rings. The Kier molecular flexibility index (Phi) is 5.10. The molecule has 0 aliphatic carbocycles. The maximum absolute atomic E-state index is 9.25. The number of rotatable bonds is 5. The molecule has 106 valence electrons. The van der Waals surface area contributed by atoms with Crippen molar-refractivity contribution in [3.05, 3.63) is 46.0 Å². The van der Waals surface area contributed by atoms with Crippen molar-refractivity contribution in [3.63, 3.8) is 0 Å². The summed E-state index contributed by atoms with van der Waals surface area (Å²) in [7, 11) is 0. The number of nitrogens with one attached hydrogen (secondary N) is 1. The van der Waals surface area contributed by atoms with Crippen LogP contribution in [0.25, 0.3) is 5.69 Å². The van der Waals surface area contributed by atoms with Crippen LogP contribution in [0.3, 0.4) is 0 Å². The monoisotopic (exact) mass is 343 g/mol. The average molecular weight is 344 g/mol. The molecule has 0 spiro atoms. The van der Waals surface area contributed by atoms with Crippen molar-refractivity contribution in [2.75, 3.05) is 6.54 Å². The number of aromatic nitrogens is 2. The maximum Gasteiger partial charge on any atom is 0.177 e. The van der Waals surface area contributed by atoms with E-state index in [0.717, 1.165) is 28.7 Å². The summed E-state index contributed by atoms with van der Waals surface area (Å²) in [5.74, 6) is 0. The molecule has 0 fully saturated rings. The summed E-state index contributed by atoms with van der Waals surface area (Å²) in [6.45, 7) is 3.72. The Labute approximate surface area is 132 Å². The Morgan fingerprint density at radius 2 is 2.14 bits per heavy atom. The lowest BCUT2D eigenvalue weighted by molar-refractivity contribution is 0.672. The van der Waals surface area contributed by atoms with Crippen molar-refractivity contribution in [2.45, 2.75) is 19.9 Å². The van der Waals surface area contributed by atoms with Crippen molar-refractivity contribution < 1.29 is 0 Å². The van der Waals surface area contributed by atoms with Gasteiger partial charge in [-0.15, -0.1) is 0 Å². The summed E-state index contributed by atoms with van der Waals surface area (Å²) in [5, 5.41) is 21.6. The van der Waals surface area contributed by atoms with E-state index in [2.05, 4.69) is 33.2 Å².